The molecule has 0 aliphatic heterocycles. The second-order valence-corrected chi connectivity index (χ2v) is 4.30. The summed E-state index contributed by atoms with van der Waals surface area (Å²) in [6.07, 6.45) is 3.21. The van der Waals surface area contributed by atoms with Crippen LogP contribution in [0.3, 0.4) is 0 Å². The summed E-state index contributed by atoms with van der Waals surface area (Å²) in [5.41, 5.74) is 1.07. The summed E-state index contributed by atoms with van der Waals surface area (Å²) in [5, 5.41) is 9.43. The fraction of sp³-hybridized carbons (Fsp3) is 0. The third-order valence-electron chi connectivity index (χ3n) is 2.09. The summed E-state index contributed by atoms with van der Waals surface area (Å²) < 4.78 is 5.88. The summed E-state index contributed by atoms with van der Waals surface area (Å²) in [4.78, 5) is 3.89. The normalized spacial score (nSPS) is 11.8. The average molecular weight is 310 g/mol. The van der Waals surface area contributed by atoms with E-state index in [1.165, 1.54) is 0 Å². The molecule has 0 fully saturated rings. The molecule has 17 heavy (non-hydrogen) atoms. The van der Waals surface area contributed by atoms with Crippen molar-refractivity contribution in [3.05, 3.63) is 52.7 Å². The van der Waals surface area contributed by atoms with E-state index < -0.39 is 0 Å². The lowest BCUT2D eigenvalue weighted by molar-refractivity contribution is 0.530. The molecule has 5 heteroatoms. The number of hydrogen-bond acceptors (Lipinski definition) is 3. The van der Waals surface area contributed by atoms with Crippen LogP contribution in [0.1, 0.15) is 11.3 Å². The van der Waals surface area contributed by atoms with Gasteiger partial charge < -0.3 is 4.42 Å². The zero-order valence-corrected chi connectivity index (χ0v) is 10.9. The molecule has 2 aromatic heterocycles. The van der Waals surface area contributed by atoms with Crippen LogP contribution in [0.25, 0.3) is 10.6 Å². The van der Waals surface area contributed by atoms with E-state index in [1.54, 1.807) is 36.7 Å². The van der Waals surface area contributed by atoms with Gasteiger partial charge in [0.2, 0.25) is 0 Å². The molecule has 0 spiro atoms. The van der Waals surface area contributed by atoms with Crippen molar-refractivity contribution in [3.63, 3.8) is 0 Å². The van der Waals surface area contributed by atoms with Gasteiger partial charge in [0, 0.05) is 12.4 Å². The zero-order chi connectivity index (χ0) is 12.3. The van der Waals surface area contributed by atoms with E-state index in [-0.39, 0.29) is 5.03 Å². The molecule has 0 amide bonds. The van der Waals surface area contributed by atoms with E-state index in [1.807, 2.05) is 0 Å². The standard InChI is InChI=1S/C12H6BrClN2O/c13-11-2-1-10(17-11)12(14)9(7-15)8-3-5-16-6-4-8/h1-6H/b12-9-. The number of allylic oxidation sites excluding steroid dienone is 1. The van der Waals surface area contributed by atoms with Gasteiger partial charge in [-0.25, -0.2) is 0 Å². The van der Waals surface area contributed by atoms with Crippen molar-refractivity contribution in [2.75, 3.05) is 0 Å². The smallest absolute Gasteiger partial charge is 0.169 e. The number of rotatable bonds is 2. The van der Waals surface area contributed by atoms with Gasteiger partial charge in [0.15, 0.2) is 4.67 Å². The Kier molecular flexibility index (Phi) is 3.62. The first-order chi connectivity index (χ1) is 8.22. The maximum absolute atomic E-state index is 9.15. The molecule has 0 unspecified atom stereocenters. The van der Waals surface area contributed by atoms with Crippen LogP contribution in [-0.2, 0) is 0 Å². The predicted molar refractivity (Wildman–Crippen MR) is 68.9 cm³/mol. The van der Waals surface area contributed by atoms with E-state index in [9.17, 15) is 0 Å². The van der Waals surface area contributed by atoms with E-state index in [0.29, 0.717) is 21.6 Å². The van der Waals surface area contributed by atoms with Crippen LogP contribution in [0.2, 0.25) is 0 Å². The van der Waals surface area contributed by atoms with E-state index in [2.05, 4.69) is 27.0 Å². The lowest BCUT2D eigenvalue weighted by Crippen LogP contribution is -1.85. The zero-order valence-electron chi connectivity index (χ0n) is 8.52. The summed E-state index contributed by atoms with van der Waals surface area (Å²) in [6, 6.07) is 8.93. The molecule has 0 aromatic carbocycles. The van der Waals surface area contributed by atoms with Crippen LogP contribution in [-0.4, -0.2) is 4.98 Å². The Labute approximate surface area is 111 Å². The number of halogens is 2. The predicted octanol–water partition coefficient (Wildman–Crippen LogP) is 4.07. The quantitative estimate of drug-likeness (QED) is 0.786. The van der Waals surface area contributed by atoms with Gasteiger partial charge in [-0.2, -0.15) is 5.26 Å². The average Bonchev–Trinajstić information content (AvgIpc) is 2.78. The molecular weight excluding hydrogens is 304 g/mol. The maximum Gasteiger partial charge on any atom is 0.169 e. The van der Waals surface area contributed by atoms with Crippen LogP contribution in [0.4, 0.5) is 0 Å². The van der Waals surface area contributed by atoms with Gasteiger partial charge in [0.25, 0.3) is 0 Å². The molecule has 0 atom stereocenters. The van der Waals surface area contributed by atoms with Crippen molar-refractivity contribution in [1.82, 2.24) is 4.98 Å². The minimum Gasteiger partial charge on any atom is -0.448 e. The summed E-state index contributed by atoms with van der Waals surface area (Å²) in [5.74, 6) is 0.451. The Morgan fingerprint density at radius 3 is 2.53 bits per heavy atom. The van der Waals surface area contributed by atoms with Crippen LogP contribution in [0.5, 0.6) is 0 Å². The minimum atomic E-state index is 0.282. The Morgan fingerprint density at radius 1 is 1.29 bits per heavy atom. The summed E-state index contributed by atoms with van der Waals surface area (Å²) in [6.45, 7) is 0. The van der Waals surface area contributed by atoms with E-state index in [4.69, 9.17) is 21.3 Å². The van der Waals surface area contributed by atoms with Gasteiger partial charge in [-0.3, -0.25) is 4.98 Å². The Bertz CT molecular complexity index is 598. The van der Waals surface area contributed by atoms with Gasteiger partial charge in [-0.15, -0.1) is 0 Å². The lowest BCUT2D eigenvalue weighted by atomic mass is 10.1. The number of nitrogens with zero attached hydrogens (tertiary/aromatic N) is 2. The number of pyridine rings is 1. The van der Waals surface area contributed by atoms with E-state index in [0.717, 1.165) is 0 Å². The molecule has 0 saturated heterocycles. The fourth-order valence-electron chi connectivity index (χ4n) is 1.31. The molecule has 0 aliphatic carbocycles. The lowest BCUT2D eigenvalue weighted by Gasteiger charge is -2.00. The number of nitriles is 1. The molecule has 0 N–H and O–H groups in total. The van der Waals surface area contributed by atoms with Gasteiger partial charge in [0.05, 0.1) is 5.57 Å². The number of hydrogen-bond donors (Lipinski definition) is 0. The monoisotopic (exact) mass is 308 g/mol. The summed E-state index contributed by atoms with van der Waals surface area (Å²) >= 11 is 9.33. The molecule has 2 rings (SSSR count). The fourth-order valence-corrected chi connectivity index (χ4v) is 1.87. The van der Waals surface area contributed by atoms with Crippen molar-refractivity contribution in [2.24, 2.45) is 0 Å². The Morgan fingerprint density at radius 2 is 2.00 bits per heavy atom. The topological polar surface area (TPSA) is 49.8 Å². The third kappa shape index (κ3) is 2.57. The van der Waals surface area contributed by atoms with Crippen molar-refractivity contribution in [2.45, 2.75) is 0 Å². The minimum absolute atomic E-state index is 0.282. The molecule has 0 saturated carbocycles. The van der Waals surface area contributed by atoms with Gasteiger partial charge in [0.1, 0.15) is 16.9 Å². The highest BCUT2D eigenvalue weighted by Crippen LogP contribution is 2.31. The van der Waals surface area contributed by atoms with Crippen molar-refractivity contribution < 1.29 is 4.42 Å². The Balaban J connectivity index is 2.52. The molecule has 0 radical (unpaired) electrons. The largest absolute Gasteiger partial charge is 0.448 e. The SMILES string of the molecule is N#C/C(=C(/Cl)c1ccc(Br)o1)c1ccncc1. The second kappa shape index (κ2) is 5.17. The first-order valence-corrected chi connectivity index (χ1v) is 5.85. The van der Waals surface area contributed by atoms with Crippen molar-refractivity contribution >= 4 is 38.1 Å². The Hall–Kier alpha value is -1.57. The van der Waals surface area contributed by atoms with Crippen LogP contribution in [0, 0.1) is 11.3 Å². The van der Waals surface area contributed by atoms with E-state index >= 15 is 0 Å². The summed E-state index contributed by atoms with van der Waals surface area (Å²) in [7, 11) is 0. The molecule has 0 aliphatic rings. The van der Waals surface area contributed by atoms with Crippen LogP contribution in [0.15, 0.2) is 45.7 Å². The molecule has 84 valence electrons. The van der Waals surface area contributed by atoms with Gasteiger partial charge in [-0.05, 0) is 45.8 Å². The second-order valence-electron chi connectivity index (χ2n) is 3.14. The molecule has 2 heterocycles. The van der Waals surface area contributed by atoms with Gasteiger partial charge in [-0.1, -0.05) is 11.6 Å². The highest BCUT2D eigenvalue weighted by atomic mass is 79.9. The number of aromatic nitrogens is 1. The molecule has 3 nitrogen and oxygen atoms in total. The maximum atomic E-state index is 9.15. The molecule has 0 bridgehead atoms. The first-order valence-electron chi connectivity index (χ1n) is 4.68. The highest BCUT2D eigenvalue weighted by Gasteiger charge is 2.12. The van der Waals surface area contributed by atoms with Crippen LogP contribution < -0.4 is 0 Å². The van der Waals surface area contributed by atoms with Gasteiger partial charge >= 0.3 is 0 Å². The highest BCUT2D eigenvalue weighted by molar-refractivity contribution is 9.10. The number of furan rings is 1. The third-order valence-corrected chi connectivity index (χ3v) is 2.89. The first kappa shape index (κ1) is 11.9. The molecular formula is C12H6BrClN2O. The van der Waals surface area contributed by atoms with Crippen molar-refractivity contribution in [3.8, 4) is 6.07 Å². The van der Waals surface area contributed by atoms with Crippen LogP contribution >= 0.6 is 27.5 Å². The van der Waals surface area contributed by atoms with Crippen molar-refractivity contribution in [1.29, 1.82) is 5.26 Å². The molecule has 2 aromatic rings.